The molecule has 2 heterocycles. The maximum atomic E-state index is 13.5. The molecule has 1 aliphatic rings. The lowest BCUT2D eigenvalue weighted by atomic mass is 10.0. The second-order valence-corrected chi connectivity index (χ2v) is 7.43. The highest BCUT2D eigenvalue weighted by Crippen LogP contribution is 2.32. The zero-order valence-corrected chi connectivity index (χ0v) is 16.9. The Morgan fingerprint density at radius 3 is 2.28 bits per heavy atom. The van der Waals surface area contributed by atoms with Crippen molar-refractivity contribution in [1.29, 1.82) is 0 Å². The van der Waals surface area contributed by atoms with Crippen LogP contribution in [-0.2, 0) is 0 Å². The first kappa shape index (κ1) is 19.2. The first-order valence-corrected chi connectivity index (χ1v) is 10.4. The van der Waals surface area contributed by atoms with Gasteiger partial charge in [0.1, 0.15) is 11.4 Å². The van der Waals surface area contributed by atoms with Crippen LogP contribution < -0.4 is 4.74 Å². The maximum absolute atomic E-state index is 13.5. The third kappa shape index (κ3) is 4.19. The first-order valence-electron chi connectivity index (χ1n) is 10.4. The number of likely N-dealkylation sites (tertiary alicyclic amines) is 1. The summed E-state index contributed by atoms with van der Waals surface area (Å²) >= 11 is 0. The van der Waals surface area contributed by atoms with Gasteiger partial charge in [-0.1, -0.05) is 49.6 Å². The highest BCUT2D eigenvalue weighted by atomic mass is 16.5. The van der Waals surface area contributed by atoms with E-state index in [9.17, 15) is 4.79 Å². The van der Waals surface area contributed by atoms with Gasteiger partial charge in [0.05, 0.1) is 18.4 Å². The van der Waals surface area contributed by atoms with Gasteiger partial charge in [0.25, 0.3) is 5.91 Å². The summed E-state index contributed by atoms with van der Waals surface area (Å²) in [4.78, 5) is 15.5. The molecule has 0 N–H and O–H groups in total. The molecule has 0 bridgehead atoms. The Balaban J connectivity index is 1.78. The van der Waals surface area contributed by atoms with E-state index in [1.54, 1.807) is 11.8 Å². The Labute approximate surface area is 171 Å². The van der Waals surface area contributed by atoms with Gasteiger partial charge in [-0.3, -0.25) is 4.79 Å². The van der Waals surface area contributed by atoms with E-state index in [4.69, 9.17) is 9.84 Å². The molecule has 5 heteroatoms. The third-order valence-corrected chi connectivity index (χ3v) is 5.47. The third-order valence-electron chi connectivity index (χ3n) is 5.47. The average molecular weight is 389 g/mol. The standard InChI is InChI=1S/C24H27N3O2/c1-29-22-15-9-8-14-20(22)23-21(18-27(25-23)19-12-6-5-7-13-19)24(28)26-16-10-3-2-4-11-17-26/h5-9,12-15,18H,2-4,10-11,16-17H2,1H3. The van der Waals surface area contributed by atoms with E-state index < -0.39 is 0 Å². The molecule has 1 aromatic heterocycles. The van der Waals surface area contributed by atoms with Crippen molar-refractivity contribution in [3.63, 3.8) is 0 Å². The molecule has 0 atom stereocenters. The SMILES string of the molecule is COc1ccccc1-c1nn(-c2ccccc2)cc1C(=O)N1CCCCCCC1. The molecule has 3 aromatic rings. The number of nitrogens with zero attached hydrogens (tertiary/aromatic N) is 3. The molecule has 0 radical (unpaired) electrons. The summed E-state index contributed by atoms with van der Waals surface area (Å²) < 4.78 is 7.35. The molecule has 1 saturated heterocycles. The fraction of sp³-hybridized carbons (Fsp3) is 0.333. The van der Waals surface area contributed by atoms with Crippen molar-refractivity contribution in [2.45, 2.75) is 32.1 Å². The molecule has 0 saturated carbocycles. The lowest BCUT2D eigenvalue weighted by Gasteiger charge is -2.24. The summed E-state index contributed by atoms with van der Waals surface area (Å²) in [5, 5.41) is 4.81. The average Bonchev–Trinajstić information content (AvgIpc) is 3.19. The monoisotopic (exact) mass is 389 g/mol. The van der Waals surface area contributed by atoms with Crippen LogP contribution in [0.15, 0.2) is 60.8 Å². The molecule has 2 aromatic carbocycles. The van der Waals surface area contributed by atoms with Crippen molar-refractivity contribution in [3.8, 4) is 22.7 Å². The number of rotatable bonds is 4. The molecule has 5 nitrogen and oxygen atoms in total. The second-order valence-electron chi connectivity index (χ2n) is 7.43. The highest BCUT2D eigenvalue weighted by molar-refractivity contribution is 6.00. The lowest BCUT2D eigenvalue weighted by molar-refractivity contribution is 0.0743. The number of carbonyl (C=O) groups is 1. The Bertz CT molecular complexity index is 957. The van der Waals surface area contributed by atoms with E-state index in [0.717, 1.165) is 37.2 Å². The normalized spacial score (nSPS) is 14.9. The van der Waals surface area contributed by atoms with Crippen LogP contribution >= 0.6 is 0 Å². The summed E-state index contributed by atoms with van der Waals surface area (Å²) in [5.41, 5.74) is 3.05. The fourth-order valence-electron chi connectivity index (χ4n) is 3.90. The minimum Gasteiger partial charge on any atom is -0.496 e. The van der Waals surface area contributed by atoms with Crippen molar-refractivity contribution < 1.29 is 9.53 Å². The zero-order valence-electron chi connectivity index (χ0n) is 16.9. The largest absolute Gasteiger partial charge is 0.496 e. The minimum absolute atomic E-state index is 0.0509. The number of hydrogen-bond donors (Lipinski definition) is 0. The molecule has 1 fully saturated rings. The first-order chi connectivity index (χ1) is 14.3. The summed E-state index contributed by atoms with van der Waals surface area (Å²) in [7, 11) is 1.65. The number of aromatic nitrogens is 2. The van der Waals surface area contributed by atoms with Crippen LogP contribution in [0.1, 0.15) is 42.5 Å². The summed E-state index contributed by atoms with van der Waals surface area (Å²) in [6.45, 7) is 1.61. The van der Waals surface area contributed by atoms with Crippen LogP contribution in [0, 0.1) is 0 Å². The molecule has 1 amide bonds. The number of ether oxygens (including phenoxy) is 1. The quantitative estimate of drug-likeness (QED) is 0.634. The molecule has 0 aliphatic carbocycles. The van der Waals surface area contributed by atoms with Gasteiger partial charge >= 0.3 is 0 Å². The van der Waals surface area contributed by atoms with Crippen molar-refractivity contribution in [1.82, 2.24) is 14.7 Å². The number of methoxy groups -OCH3 is 1. The van der Waals surface area contributed by atoms with E-state index in [-0.39, 0.29) is 5.91 Å². The van der Waals surface area contributed by atoms with Gasteiger partial charge in [-0.05, 0) is 37.1 Å². The fourth-order valence-corrected chi connectivity index (χ4v) is 3.90. The molecular formula is C24H27N3O2. The van der Waals surface area contributed by atoms with E-state index in [2.05, 4.69) is 0 Å². The van der Waals surface area contributed by atoms with Gasteiger partial charge in [0.2, 0.25) is 0 Å². The van der Waals surface area contributed by atoms with E-state index in [1.165, 1.54) is 19.3 Å². The summed E-state index contributed by atoms with van der Waals surface area (Å²) in [5.74, 6) is 0.766. The lowest BCUT2D eigenvalue weighted by Crippen LogP contribution is -2.33. The number of carbonyl (C=O) groups excluding carboxylic acids is 1. The molecule has 1 aliphatic heterocycles. The number of benzene rings is 2. The predicted octanol–water partition coefficient (Wildman–Crippen LogP) is 4.95. The van der Waals surface area contributed by atoms with Crippen molar-refractivity contribution in [2.75, 3.05) is 20.2 Å². The van der Waals surface area contributed by atoms with Gasteiger partial charge in [0, 0.05) is 24.8 Å². The Morgan fingerprint density at radius 1 is 0.897 bits per heavy atom. The Morgan fingerprint density at radius 2 is 1.55 bits per heavy atom. The summed E-state index contributed by atoms with van der Waals surface area (Å²) in [6.07, 6.45) is 7.61. The van der Waals surface area contributed by atoms with Gasteiger partial charge < -0.3 is 9.64 Å². The number of amides is 1. The van der Waals surface area contributed by atoms with E-state index >= 15 is 0 Å². The van der Waals surface area contributed by atoms with Gasteiger partial charge in [-0.15, -0.1) is 0 Å². The molecule has 0 unspecified atom stereocenters. The van der Waals surface area contributed by atoms with Crippen LogP contribution in [0.3, 0.4) is 0 Å². The topological polar surface area (TPSA) is 47.4 Å². The van der Waals surface area contributed by atoms with Crippen molar-refractivity contribution >= 4 is 5.91 Å². The smallest absolute Gasteiger partial charge is 0.257 e. The highest BCUT2D eigenvalue weighted by Gasteiger charge is 2.25. The van der Waals surface area contributed by atoms with E-state index in [1.807, 2.05) is 65.7 Å². The van der Waals surface area contributed by atoms with E-state index in [0.29, 0.717) is 17.0 Å². The van der Waals surface area contributed by atoms with Gasteiger partial charge in [0.15, 0.2) is 0 Å². The second kappa shape index (κ2) is 8.95. The summed E-state index contributed by atoms with van der Waals surface area (Å²) in [6, 6.07) is 17.6. The zero-order chi connectivity index (χ0) is 20.1. The van der Waals surface area contributed by atoms with Crippen LogP contribution in [0.25, 0.3) is 16.9 Å². The Kier molecular flexibility index (Phi) is 5.94. The predicted molar refractivity (Wildman–Crippen MR) is 115 cm³/mol. The van der Waals surface area contributed by atoms with Gasteiger partial charge in [-0.25, -0.2) is 4.68 Å². The molecule has 29 heavy (non-hydrogen) atoms. The molecule has 0 spiro atoms. The Hall–Kier alpha value is -3.08. The molecular weight excluding hydrogens is 362 g/mol. The number of hydrogen-bond acceptors (Lipinski definition) is 3. The van der Waals surface area contributed by atoms with Crippen LogP contribution in [0.2, 0.25) is 0 Å². The van der Waals surface area contributed by atoms with Crippen LogP contribution in [0.5, 0.6) is 5.75 Å². The van der Waals surface area contributed by atoms with Crippen LogP contribution in [-0.4, -0.2) is 40.8 Å². The van der Waals surface area contributed by atoms with Crippen LogP contribution in [0.4, 0.5) is 0 Å². The van der Waals surface area contributed by atoms with Crippen molar-refractivity contribution in [2.24, 2.45) is 0 Å². The molecule has 150 valence electrons. The molecule has 4 rings (SSSR count). The maximum Gasteiger partial charge on any atom is 0.257 e. The van der Waals surface area contributed by atoms with Crippen molar-refractivity contribution in [3.05, 3.63) is 66.4 Å². The number of para-hydroxylation sites is 2. The minimum atomic E-state index is 0.0509. The van der Waals surface area contributed by atoms with Gasteiger partial charge in [-0.2, -0.15) is 5.10 Å².